The molecule has 0 radical (unpaired) electrons. The Morgan fingerprint density at radius 3 is 2.40 bits per heavy atom. The molecular weight excluding hydrogens is 577 g/mol. The fraction of sp³-hybridized carbons (Fsp3) is 0.333. The Balaban J connectivity index is 1.43. The van der Waals surface area contributed by atoms with Gasteiger partial charge in [-0.3, -0.25) is 14.5 Å². The minimum atomic E-state index is -4.60. The van der Waals surface area contributed by atoms with E-state index in [0.29, 0.717) is 22.5 Å². The number of nitrogens with one attached hydrogen (secondary N) is 1. The number of hydrogen-bond acceptors (Lipinski definition) is 8. The second-order valence-corrected chi connectivity index (χ2v) is 9.92. The van der Waals surface area contributed by atoms with Gasteiger partial charge in [-0.1, -0.05) is 12.1 Å². The molecule has 1 aliphatic rings. The first-order valence-electron chi connectivity index (χ1n) is 13.1. The third kappa shape index (κ3) is 5.39. The topological polar surface area (TPSA) is 122 Å². The summed E-state index contributed by atoms with van der Waals surface area (Å²) in [6.45, 7) is -1.43. The first-order valence-corrected chi connectivity index (χ1v) is 13.1. The van der Waals surface area contributed by atoms with Crippen LogP contribution in [-0.4, -0.2) is 59.2 Å². The third-order valence-electron chi connectivity index (χ3n) is 7.02. The van der Waals surface area contributed by atoms with Gasteiger partial charge in [0.25, 0.3) is 6.43 Å². The molecule has 0 aliphatic heterocycles. The van der Waals surface area contributed by atoms with E-state index in [2.05, 4.69) is 25.0 Å². The average molecular weight is 602 g/mol. The molecule has 1 saturated carbocycles. The van der Waals surface area contributed by atoms with Crippen LogP contribution in [0, 0.1) is 5.41 Å². The van der Waals surface area contributed by atoms with Crippen molar-refractivity contribution >= 4 is 11.2 Å². The third-order valence-corrected chi connectivity index (χ3v) is 7.02. The Kier molecular flexibility index (Phi) is 7.06. The van der Waals surface area contributed by atoms with Crippen molar-refractivity contribution in [3.05, 3.63) is 65.4 Å². The SMILES string of the molecule is COc1ncnc(C2CC2)c1-c1ncc2c(n1)n(Cc1ccc(-n3nc(C(F)F)cc3OC)cc1)c(=N)n2CC(F)(F)F. The summed E-state index contributed by atoms with van der Waals surface area (Å²) in [7, 11) is 2.78. The van der Waals surface area contributed by atoms with Gasteiger partial charge in [-0.15, -0.1) is 0 Å². The van der Waals surface area contributed by atoms with Crippen LogP contribution in [0.2, 0.25) is 0 Å². The highest BCUT2D eigenvalue weighted by Crippen LogP contribution is 2.45. The number of rotatable bonds is 9. The van der Waals surface area contributed by atoms with E-state index in [4.69, 9.17) is 14.9 Å². The van der Waals surface area contributed by atoms with Gasteiger partial charge in [0, 0.05) is 12.0 Å². The van der Waals surface area contributed by atoms with E-state index in [0.717, 1.165) is 23.5 Å². The van der Waals surface area contributed by atoms with E-state index < -0.39 is 30.5 Å². The monoisotopic (exact) mass is 601 g/mol. The smallest absolute Gasteiger partial charge is 0.406 e. The molecule has 1 N–H and O–H groups in total. The minimum Gasteiger partial charge on any atom is -0.481 e. The molecule has 5 aromatic rings. The molecule has 0 saturated heterocycles. The van der Waals surface area contributed by atoms with E-state index >= 15 is 0 Å². The lowest BCUT2D eigenvalue weighted by molar-refractivity contribution is -0.140. The number of ether oxygens (including phenoxy) is 2. The van der Waals surface area contributed by atoms with Gasteiger partial charge < -0.3 is 9.47 Å². The quantitative estimate of drug-likeness (QED) is 0.241. The number of benzene rings is 1. The van der Waals surface area contributed by atoms with E-state index in [9.17, 15) is 22.0 Å². The standard InChI is InChI=1S/C27H24F5N9O2/c1-42-19-9-17(22(28)29)38-41(19)16-7-3-14(4-8-16)11-39-24-18(40(26(39)33)12-27(30,31)32)10-34-23(37-24)20-21(15-5-6-15)35-13-36-25(20)43-2/h3-4,7-10,13,15,22,33H,5-6,11-12H2,1-2H3. The van der Waals surface area contributed by atoms with E-state index in [1.54, 1.807) is 24.3 Å². The molecule has 0 atom stereocenters. The van der Waals surface area contributed by atoms with Crippen LogP contribution in [0.25, 0.3) is 28.2 Å². The van der Waals surface area contributed by atoms with E-state index in [1.807, 2.05) is 0 Å². The molecule has 0 spiro atoms. The van der Waals surface area contributed by atoms with Crippen LogP contribution < -0.4 is 15.1 Å². The Bertz CT molecular complexity index is 1860. The maximum Gasteiger partial charge on any atom is 0.406 e. The lowest BCUT2D eigenvalue weighted by Crippen LogP contribution is -2.30. The number of fused-ring (bicyclic) bond motifs is 1. The van der Waals surface area contributed by atoms with E-state index in [1.165, 1.54) is 36.0 Å². The van der Waals surface area contributed by atoms with Gasteiger partial charge in [-0.2, -0.15) is 18.3 Å². The molecule has 6 rings (SSSR count). The maximum atomic E-state index is 13.5. The van der Waals surface area contributed by atoms with Crippen LogP contribution >= 0.6 is 0 Å². The van der Waals surface area contributed by atoms with Crippen molar-refractivity contribution < 1.29 is 31.4 Å². The van der Waals surface area contributed by atoms with Crippen LogP contribution in [0.15, 0.2) is 42.9 Å². The number of methoxy groups -OCH3 is 2. The molecule has 1 aromatic carbocycles. The summed E-state index contributed by atoms with van der Waals surface area (Å²) >= 11 is 0. The van der Waals surface area contributed by atoms with Gasteiger partial charge in [-0.25, -0.2) is 33.4 Å². The van der Waals surface area contributed by atoms with Gasteiger partial charge in [0.05, 0.1) is 38.3 Å². The zero-order valence-corrected chi connectivity index (χ0v) is 22.8. The molecule has 4 heterocycles. The largest absolute Gasteiger partial charge is 0.481 e. The summed E-state index contributed by atoms with van der Waals surface area (Å²) in [5.41, 5.74) is 1.42. The zero-order valence-electron chi connectivity index (χ0n) is 22.8. The second-order valence-electron chi connectivity index (χ2n) is 9.92. The Hall–Kier alpha value is -4.89. The summed E-state index contributed by atoms with van der Waals surface area (Å²) in [6.07, 6.45) is -2.92. The highest BCUT2D eigenvalue weighted by atomic mass is 19.4. The van der Waals surface area contributed by atoms with Gasteiger partial charge in [0.1, 0.15) is 29.6 Å². The molecule has 0 amide bonds. The summed E-state index contributed by atoms with van der Waals surface area (Å²) in [5.74, 6) is 0.684. The number of hydrogen-bond donors (Lipinski definition) is 1. The zero-order chi connectivity index (χ0) is 30.5. The van der Waals surface area contributed by atoms with Gasteiger partial charge in [0.2, 0.25) is 17.4 Å². The van der Waals surface area contributed by atoms with Crippen molar-refractivity contribution in [1.82, 2.24) is 38.9 Å². The molecular formula is C27H24F5N9O2. The summed E-state index contributed by atoms with van der Waals surface area (Å²) in [4.78, 5) is 17.5. The van der Waals surface area contributed by atoms with Gasteiger partial charge in [-0.05, 0) is 30.5 Å². The number of alkyl halides is 5. The Morgan fingerprint density at radius 2 is 1.77 bits per heavy atom. The van der Waals surface area contributed by atoms with Crippen LogP contribution in [0.5, 0.6) is 11.8 Å². The lowest BCUT2D eigenvalue weighted by Gasteiger charge is -2.11. The molecule has 224 valence electrons. The van der Waals surface area contributed by atoms with Crippen LogP contribution in [-0.2, 0) is 13.1 Å². The molecule has 11 nitrogen and oxygen atoms in total. The second kappa shape index (κ2) is 10.7. The van der Waals surface area contributed by atoms with Crippen molar-refractivity contribution in [3.63, 3.8) is 0 Å². The van der Waals surface area contributed by atoms with Gasteiger partial charge in [0.15, 0.2) is 11.5 Å². The average Bonchev–Trinajstić information content (AvgIpc) is 3.70. The van der Waals surface area contributed by atoms with Crippen molar-refractivity contribution in [1.29, 1.82) is 5.41 Å². The number of aromatic nitrogens is 8. The first kappa shape index (κ1) is 28.2. The lowest BCUT2D eigenvalue weighted by atomic mass is 10.1. The van der Waals surface area contributed by atoms with Crippen LogP contribution in [0.3, 0.4) is 0 Å². The summed E-state index contributed by atoms with van der Waals surface area (Å²) in [6, 6.07) is 7.65. The fourth-order valence-corrected chi connectivity index (χ4v) is 4.88. The number of nitrogens with zero attached hydrogens (tertiary/aromatic N) is 8. The number of imidazole rings is 1. The molecule has 43 heavy (non-hydrogen) atoms. The maximum absolute atomic E-state index is 13.5. The molecule has 4 aromatic heterocycles. The minimum absolute atomic E-state index is 0.0205. The molecule has 1 aliphatic carbocycles. The normalized spacial score (nSPS) is 13.7. The predicted molar refractivity (Wildman–Crippen MR) is 141 cm³/mol. The highest BCUT2D eigenvalue weighted by molar-refractivity contribution is 5.76. The van der Waals surface area contributed by atoms with Crippen molar-refractivity contribution in [2.45, 2.75) is 44.5 Å². The molecule has 16 heteroatoms. The molecule has 0 bridgehead atoms. The summed E-state index contributed by atoms with van der Waals surface area (Å²) in [5, 5.41) is 12.6. The number of halogens is 5. The Labute approximate surface area is 240 Å². The highest BCUT2D eigenvalue weighted by Gasteiger charge is 2.33. The van der Waals surface area contributed by atoms with Crippen molar-refractivity contribution in [2.24, 2.45) is 0 Å². The van der Waals surface area contributed by atoms with Gasteiger partial charge >= 0.3 is 6.18 Å². The predicted octanol–water partition coefficient (Wildman–Crippen LogP) is 4.80. The van der Waals surface area contributed by atoms with E-state index in [-0.39, 0.29) is 41.2 Å². The van der Waals surface area contributed by atoms with Crippen molar-refractivity contribution in [2.75, 3.05) is 14.2 Å². The molecule has 0 unspecified atom stereocenters. The molecule has 1 fully saturated rings. The Morgan fingerprint density at radius 1 is 1.02 bits per heavy atom. The van der Waals surface area contributed by atoms with Crippen LogP contribution in [0.4, 0.5) is 22.0 Å². The van der Waals surface area contributed by atoms with Crippen LogP contribution in [0.1, 0.15) is 42.1 Å². The summed E-state index contributed by atoms with van der Waals surface area (Å²) < 4.78 is 81.0. The first-order chi connectivity index (χ1) is 20.6. The van der Waals surface area contributed by atoms with Crippen molar-refractivity contribution in [3.8, 4) is 28.8 Å². The fourth-order valence-electron chi connectivity index (χ4n) is 4.88.